The van der Waals surface area contributed by atoms with Crippen LogP contribution in [0, 0.1) is 0 Å². The van der Waals surface area contributed by atoms with Crippen LogP contribution in [0.4, 0.5) is 0 Å². The number of hydrogen-bond donors (Lipinski definition) is 1. The lowest BCUT2D eigenvalue weighted by molar-refractivity contribution is 0.0769. The molecule has 1 aliphatic heterocycles. The molecule has 1 aliphatic rings. The van der Waals surface area contributed by atoms with Gasteiger partial charge in [0.1, 0.15) is 0 Å². The zero-order valence-corrected chi connectivity index (χ0v) is 15.5. The van der Waals surface area contributed by atoms with Gasteiger partial charge in [0.2, 0.25) is 10.0 Å². The summed E-state index contributed by atoms with van der Waals surface area (Å²) in [7, 11) is -3.74. The smallest absolute Gasteiger partial charge is 0.244 e. The number of sulfonamides is 1. The zero-order chi connectivity index (χ0) is 18.9. The number of aliphatic hydroxyl groups excluding tert-OH is 1. The van der Waals surface area contributed by atoms with E-state index >= 15 is 0 Å². The molecule has 4 rings (SSSR count). The van der Waals surface area contributed by atoms with Gasteiger partial charge in [-0.3, -0.25) is 4.98 Å². The number of aliphatic hydroxyl groups is 1. The lowest BCUT2D eigenvalue weighted by atomic mass is 9.95. The van der Waals surface area contributed by atoms with Crippen molar-refractivity contribution >= 4 is 10.0 Å². The highest BCUT2D eigenvalue weighted by Gasteiger charge is 2.43. The molecule has 0 bridgehead atoms. The molecule has 6 heteroatoms. The molecule has 1 aromatic heterocycles. The maximum Gasteiger partial charge on any atom is 0.244 e. The van der Waals surface area contributed by atoms with Gasteiger partial charge >= 0.3 is 0 Å². The Bertz CT molecular complexity index is 1020. The third-order valence-corrected chi connectivity index (χ3v) is 6.85. The van der Waals surface area contributed by atoms with Crippen molar-refractivity contribution in [3.05, 3.63) is 95.8 Å². The van der Waals surface area contributed by atoms with Crippen molar-refractivity contribution in [2.45, 2.75) is 30.0 Å². The molecule has 2 heterocycles. The average molecular weight is 380 g/mol. The number of fused-ring (bicyclic) bond motifs is 1. The Hall–Kier alpha value is -2.54. The molecule has 0 aliphatic carbocycles. The number of hydrogen-bond acceptors (Lipinski definition) is 4. The minimum Gasteiger partial charge on any atom is -0.387 e. The standard InChI is InChI=1S/C21H20N2O3S/c24-21-18-10-4-5-11-20(18)27(25,26)23(15-17-9-6-12-22-14-17)19(21)13-16-7-2-1-3-8-16/h1-12,14,19,21,24H,13,15H2/t19-,21-/m0/s1. The molecular weight excluding hydrogens is 360 g/mol. The van der Waals surface area contributed by atoms with Crippen LogP contribution in [-0.4, -0.2) is 28.9 Å². The second-order valence-corrected chi connectivity index (χ2v) is 8.51. The van der Waals surface area contributed by atoms with Crippen LogP contribution in [0.25, 0.3) is 0 Å². The highest BCUT2D eigenvalue weighted by atomic mass is 32.2. The summed E-state index contributed by atoms with van der Waals surface area (Å²) >= 11 is 0. The second-order valence-electron chi connectivity index (χ2n) is 6.65. The maximum atomic E-state index is 13.3. The molecular formula is C21H20N2O3S. The van der Waals surface area contributed by atoms with E-state index in [2.05, 4.69) is 4.98 Å². The van der Waals surface area contributed by atoms with Gasteiger partial charge in [0.05, 0.1) is 17.0 Å². The van der Waals surface area contributed by atoms with Crippen LogP contribution in [0.15, 0.2) is 84.0 Å². The molecule has 1 N–H and O–H groups in total. The van der Waals surface area contributed by atoms with Crippen LogP contribution in [0.1, 0.15) is 22.8 Å². The van der Waals surface area contributed by atoms with Crippen molar-refractivity contribution in [1.82, 2.24) is 9.29 Å². The van der Waals surface area contributed by atoms with Gasteiger partial charge in [-0.2, -0.15) is 4.31 Å². The lowest BCUT2D eigenvalue weighted by Crippen LogP contribution is -2.48. The SMILES string of the molecule is O=S1(=O)c2ccccc2[C@H](O)[C@H](Cc2ccccc2)N1Cc1cccnc1. The van der Waals surface area contributed by atoms with Crippen LogP contribution >= 0.6 is 0 Å². The van der Waals surface area contributed by atoms with Crippen molar-refractivity contribution in [2.75, 3.05) is 0 Å². The summed E-state index contributed by atoms with van der Waals surface area (Å²) in [6, 6.07) is 19.4. The van der Waals surface area contributed by atoms with Crippen LogP contribution in [0.2, 0.25) is 0 Å². The Morgan fingerprint density at radius 3 is 2.37 bits per heavy atom. The van der Waals surface area contributed by atoms with E-state index in [1.54, 1.807) is 42.7 Å². The predicted octanol–water partition coefficient (Wildman–Crippen LogP) is 2.93. The third-order valence-electron chi connectivity index (χ3n) is 4.91. The summed E-state index contributed by atoms with van der Waals surface area (Å²) in [6.45, 7) is 0.166. The van der Waals surface area contributed by atoms with Gasteiger partial charge in [-0.25, -0.2) is 8.42 Å². The van der Waals surface area contributed by atoms with Crippen LogP contribution in [-0.2, 0) is 23.0 Å². The summed E-state index contributed by atoms with van der Waals surface area (Å²) in [5.41, 5.74) is 2.22. The topological polar surface area (TPSA) is 70.5 Å². The molecule has 138 valence electrons. The molecule has 2 aromatic carbocycles. The van der Waals surface area contributed by atoms with Crippen molar-refractivity contribution < 1.29 is 13.5 Å². The van der Waals surface area contributed by atoms with Crippen LogP contribution in [0.3, 0.4) is 0 Å². The quantitative estimate of drug-likeness (QED) is 0.756. The van der Waals surface area contributed by atoms with Gasteiger partial charge in [0, 0.05) is 24.5 Å². The number of aromatic nitrogens is 1. The summed E-state index contributed by atoms with van der Waals surface area (Å²) in [5, 5.41) is 11.0. The second kappa shape index (κ2) is 7.23. The van der Waals surface area contributed by atoms with Crippen molar-refractivity contribution in [1.29, 1.82) is 0 Å². The fourth-order valence-corrected chi connectivity index (χ4v) is 5.43. The Morgan fingerprint density at radius 2 is 1.63 bits per heavy atom. The first-order chi connectivity index (χ1) is 13.1. The minimum absolute atomic E-state index is 0.166. The normalized spacial score (nSPS) is 21.5. The van der Waals surface area contributed by atoms with Gasteiger partial charge in [0.15, 0.2) is 0 Å². The molecule has 27 heavy (non-hydrogen) atoms. The maximum absolute atomic E-state index is 13.3. The van der Waals surface area contributed by atoms with Gasteiger partial charge in [-0.05, 0) is 29.7 Å². The molecule has 0 spiro atoms. The third kappa shape index (κ3) is 3.39. The van der Waals surface area contributed by atoms with E-state index in [-0.39, 0.29) is 11.4 Å². The largest absolute Gasteiger partial charge is 0.387 e. The fourth-order valence-electron chi connectivity index (χ4n) is 3.57. The zero-order valence-electron chi connectivity index (χ0n) is 14.6. The summed E-state index contributed by atoms with van der Waals surface area (Å²) in [6.07, 6.45) is 2.83. The predicted molar refractivity (Wildman–Crippen MR) is 102 cm³/mol. The molecule has 0 saturated carbocycles. The lowest BCUT2D eigenvalue weighted by Gasteiger charge is -2.39. The van der Waals surface area contributed by atoms with E-state index in [0.717, 1.165) is 11.1 Å². The first-order valence-electron chi connectivity index (χ1n) is 8.79. The molecule has 3 aromatic rings. The van der Waals surface area contributed by atoms with Crippen LogP contribution in [0.5, 0.6) is 0 Å². The molecule has 5 nitrogen and oxygen atoms in total. The number of rotatable bonds is 4. The van der Waals surface area contributed by atoms with E-state index in [1.165, 1.54) is 4.31 Å². The highest BCUT2D eigenvalue weighted by molar-refractivity contribution is 7.89. The Labute approximate surface area is 159 Å². The molecule has 0 amide bonds. The van der Waals surface area contributed by atoms with Gasteiger partial charge in [-0.1, -0.05) is 54.6 Å². The molecule has 0 radical (unpaired) electrons. The summed E-state index contributed by atoms with van der Waals surface area (Å²) in [4.78, 5) is 4.26. The van der Waals surface area contributed by atoms with E-state index in [9.17, 15) is 13.5 Å². The first kappa shape index (κ1) is 17.9. The summed E-state index contributed by atoms with van der Waals surface area (Å²) in [5.74, 6) is 0. The molecule has 0 fully saturated rings. The van der Waals surface area contributed by atoms with Gasteiger partial charge < -0.3 is 5.11 Å². The Balaban J connectivity index is 1.80. The van der Waals surface area contributed by atoms with Crippen molar-refractivity contribution in [3.8, 4) is 0 Å². The van der Waals surface area contributed by atoms with Crippen molar-refractivity contribution in [3.63, 3.8) is 0 Å². The van der Waals surface area contributed by atoms with E-state index in [4.69, 9.17) is 0 Å². The van der Waals surface area contributed by atoms with E-state index in [1.807, 2.05) is 36.4 Å². The number of pyridine rings is 1. The minimum atomic E-state index is -3.74. The average Bonchev–Trinajstić information content (AvgIpc) is 2.71. The number of nitrogens with zero attached hydrogens (tertiary/aromatic N) is 2. The number of benzene rings is 2. The molecule has 2 atom stereocenters. The summed E-state index contributed by atoms with van der Waals surface area (Å²) < 4.78 is 28.1. The van der Waals surface area contributed by atoms with Gasteiger partial charge in [0.25, 0.3) is 0 Å². The fraction of sp³-hybridized carbons (Fsp3) is 0.190. The van der Waals surface area contributed by atoms with E-state index < -0.39 is 22.2 Å². The van der Waals surface area contributed by atoms with Crippen LogP contribution < -0.4 is 0 Å². The highest BCUT2D eigenvalue weighted by Crippen LogP contribution is 2.38. The van der Waals surface area contributed by atoms with Gasteiger partial charge in [-0.15, -0.1) is 0 Å². The molecule has 0 saturated heterocycles. The molecule has 0 unspecified atom stereocenters. The first-order valence-corrected chi connectivity index (χ1v) is 10.2. The monoisotopic (exact) mass is 380 g/mol. The van der Waals surface area contributed by atoms with Crippen molar-refractivity contribution in [2.24, 2.45) is 0 Å². The Kier molecular flexibility index (Phi) is 4.78. The Morgan fingerprint density at radius 1 is 0.926 bits per heavy atom. The van der Waals surface area contributed by atoms with E-state index in [0.29, 0.717) is 12.0 Å².